The topological polar surface area (TPSA) is 35.5 Å². The summed E-state index contributed by atoms with van der Waals surface area (Å²) in [6.45, 7) is 1.53. The first-order valence-electron chi connectivity index (χ1n) is 7.23. The van der Waals surface area contributed by atoms with Gasteiger partial charge in [-0.1, -0.05) is 6.08 Å². The summed E-state index contributed by atoms with van der Waals surface area (Å²) < 4.78 is 11.5. The largest absolute Gasteiger partial charge is 0.348 e. The number of ether oxygens (including phenoxy) is 2. The summed E-state index contributed by atoms with van der Waals surface area (Å²) in [7, 11) is 0. The molecule has 1 saturated heterocycles. The van der Waals surface area contributed by atoms with Crippen molar-refractivity contribution >= 4 is 6.29 Å². The Bertz CT molecular complexity index is 332. The van der Waals surface area contributed by atoms with Gasteiger partial charge in [-0.25, -0.2) is 0 Å². The minimum atomic E-state index is -0.227. The third kappa shape index (κ3) is 2.39. The smallest absolute Gasteiger partial charge is 0.168 e. The lowest BCUT2D eigenvalue weighted by Crippen LogP contribution is -2.37. The summed E-state index contributed by atoms with van der Waals surface area (Å²) >= 11 is 0. The quantitative estimate of drug-likeness (QED) is 0.707. The van der Waals surface area contributed by atoms with Crippen LogP contribution < -0.4 is 0 Å². The van der Waals surface area contributed by atoms with E-state index in [2.05, 4.69) is 6.08 Å². The van der Waals surface area contributed by atoms with E-state index in [0.29, 0.717) is 0 Å². The molecule has 1 spiro atoms. The number of aldehydes is 1. The van der Waals surface area contributed by atoms with Crippen molar-refractivity contribution in [3.63, 3.8) is 0 Å². The lowest BCUT2D eigenvalue weighted by Gasteiger charge is -2.39. The van der Waals surface area contributed by atoms with Crippen LogP contribution in [0.4, 0.5) is 0 Å². The van der Waals surface area contributed by atoms with Crippen LogP contribution in [0.15, 0.2) is 11.6 Å². The van der Waals surface area contributed by atoms with Crippen LogP contribution in [0, 0.1) is 11.8 Å². The van der Waals surface area contributed by atoms with Crippen LogP contribution in [0.5, 0.6) is 0 Å². The molecule has 0 amide bonds. The van der Waals surface area contributed by atoms with Crippen LogP contribution >= 0.6 is 0 Å². The van der Waals surface area contributed by atoms with Gasteiger partial charge in [0.25, 0.3) is 0 Å². The highest BCUT2D eigenvalue weighted by Gasteiger charge is 2.41. The maximum absolute atomic E-state index is 10.7. The van der Waals surface area contributed by atoms with Crippen molar-refractivity contribution in [1.82, 2.24) is 0 Å². The number of carbonyl (C=O) groups is 1. The molecule has 1 unspecified atom stereocenters. The minimum absolute atomic E-state index is 0.227. The van der Waals surface area contributed by atoms with Crippen LogP contribution in [-0.2, 0) is 14.3 Å². The molecular formula is C15H22O3. The Morgan fingerprint density at radius 2 is 1.83 bits per heavy atom. The fourth-order valence-corrected chi connectivity index (χ4v) is 3.75. The number of allylic oxidation sites excluding steroid dienone is 2. The van der Waals surface area contributed by atoms with Crippen molar-refractivity contribution < 1.29 is 14.3 Å². The first-order valence-corrected chi connectivity index (χ1v) is 7.23. The molecule has 3 rings (SSSR count). The summed E-state index contributed by atoms with van der Waals surface area (Å²) in [6, 6.07) is 0. The van der Waals surface area contributed by atoms with E-state index >= 15 is 0 Å². The average Bonchev–Trinajstić information content (AvgIpc) is 2.88. The van der Waals surface area contributed by atoms with Crippen molar-refractivity contribution in [2.24, 2.45) is 11.8 Å². The Kier molecular flexibility index (Phi) is 3.53. The average molecular weight is 250 g/mol. The third-order valence-electron chi connectivity index (χ3n) is 4.91. The first kappa shape index (κ1) is 12.4. The standard InChI is InChI=1S/C15H22O3/c16-11-12-1-3-13(4-2-12)14-5-7-15(8-6-14)17-9-10-18-15/h1,11,13-14H,2-10H2. The molecule has 0 bridgehead atoms. The molecule has 2 fully saturated rings. The van der Waals surface area contributed by atoms with Gasteiger partial charge in [0.2, 0.25) is 0 Å². The predicted octanol–water partition coefficient (Wildman–Crippen LogP) is 2.85. The second-order valence-electron chi connectivity index (χ2n) is 5.88. The van der Waals surface area contributed by atoms with E-state index in [9.17, 15) is 4.79 Å². The molecule has 1 atom stereocenters. The van der Waals surface area contributed by atoms with Gasteiger partial charge in [0.05, 0.1) is 13.2 Å². The molecule has 0 radical (unpaired) electrons. The van der Waals surface area contributed by atoms with Gasteiger partial charge in [-0.05, 0) is 49.5 Å². The van der Waals surface area contributed by atoms with E-state index in [1.807, 2.05) is 0 Å². The molecule has 100 valence electrons. The Balaban J connectivity index is 1.54. The Hall–Kier alpha value is -0.670. The lowest BCUT2D eigenvalue weighted by molar-refractivity contribution is -0.184. The van der Waals surface area contributed by atoms with Gasteiger partial charge in [0.15, 0.2) is 5.79 Å². The summed E-state index contributed by atoms with van der Waals surface area (Å²) in [6.07, 6.45) is 11.0. The maximum Gasteiger partial charge on any atom is 0.168 e. The molecule has 1 heterocycles. The molecule has 0 aromatic heterocycles. The fourth-order valence-electron chi connectivity index (χ4n) is 3.75. The van der Waals surface area contributed by atoms with Crippen molar-refractivity contribution in [3.8, 4) is 0 Å². The zero-order valence-corrected chi connectivity index (χ0v) is 10.9. The van der Waals surface area contributed by atoms with Crippen molar-refractivity contribution in [1.29, 1.82) is 0 Å². The fraction of sp³-hybridized carbons (Fsp3) is 0.800. The number of carbonyl (C=O) groups excluding carboxylic acids is 1. The highest BCUT2D eigenvalue weighted by molar-refractivity contribution is 5.73. The zero-order valence-electron chi connectivity index (χ0n) is 10.9. The Labute approximate surface area is 109 Å². The van der Waals surface area contributed by atoms with Crippen molar-refractivity contribution in [2.45, 2.75) is 50.7 Å². The van der Waals surface area contributed by atoms with Gasteiger partial charge >= 0.3 is 0 Å². The predicted molar refractivity (Wildman–Crippen MR) is 68.1 cm³/mol. The molecule has 18 heavy (non-hydrogen) atoms. The SMILES string of the molecule is O=CC1=CCC(C2CCC3(CC2)OCCO3)CC1. The van der Waals surface area contributed by atoms with Gasteiger partial charge in [0, 0.05) is 12.8 Å². The number of rotatable bonds is 2. The number of hydrogen-bond acceptors (Lipinski definition) is 3. The molecule has 0 N–H and O–H groups in total. The highest BCUT2D eigenvalue weighted by Crippen LogP contribution is 2.43. The van der Waals surface area contributed by atoms with Gasteiger partial charge in [-0.2, -0.15) is 0 Å². The van der Waals surface area contributed by atoms with Gasteiger partial charge in [-0.3, -0.25) is 4.79 Å². The second-order valence-corrected chi connectivity index (χ2v) is 5.88. The maximum atomic E-state index is 10.7. The van der Waals surface area contributed by atoms with E-state index in [-0.39, 0.29) is 5.79 Å². The van der Waals surface area contributed by atoms with Crippen LogP contribution in [0.3, 0.4) is 0 Å². The normalized spacial score (nSPS) is 32.4. The van der Waals surface area contributed by atoms with E-state index in [1.54, 1.807) is 0 Å². The molecular weight excluding hydrogens is 228 g/mol. The Morgan fingerprint density at radius 3 is 2.39 bits per heavy atom. The van der Waals surface area contributed by atoms with Gasteiger partial charge in [-0.15, -0.1) is 0 Å². The first-order chi connectivity index (χ1) is 8.81. The summed E-state index contributed by atoms with van der Waals surface area (Å²) in [5.41, 5.74) is 1.00. The van der Waals surface area contributed by atoms with Crippen molar-refractivity contribution in [3.05, 3.63) is 11.6 Å². The van der Waals surface area contributed by atoms with Crippen LogP contribution in [0.25, 0.3) is 0 Å². The van der Waals surface area contributed by atoms with E-state index in [1.165, 1.54) is 19.3 Å². The molecule has 3 aliphatic rings. The minimum Gasteiger partial charge on any atom is -0.348 e. The van der Waals surface area contributed by atoms with Gasteiger partial charge < -0.3 is 9.47 Å². The van der Waals surface area contributed by atoms with Crippen LogP contribution in [0.1, 0.15) is 44.9 Å². The molecule has 1 saturated carbocycles. The summed E-state index contributed by atoms with van der Waals surface area (Å²) in [5, 5.41) is 0. The molecule has 2 aliphatic carbocycles. The van der Waals surface area contributed by atoms with Gasteiger partial charge in [0.1, 0.15) is 6.29 Å². The van der Waals surface area contributed by atoms with E-state index in [0.717, 1.165) is 62.6 Å². The molecule has 0 aromatic carbocycles. The molecule has 3 nitrogen and oxygen atoms in total. The molecule has 0 aromatic rings. The highest BCUT2D eigenvalue weighted by atomic mass is 16.7. The number of hydrogen-bond donors (Lipinski definition) is 0. The zero-order chi connectivity index (χ0) is 12.4. The Morgan fingerprint density at radius 1 is 1.11 bits per heavy atom. The summed E-state index contributed by atoms with van der Waals surface area (Å²) in [4.78, 5) is 10.7. The molecule has 1 aliphatic heterocycles. The van der Waals surface area contributed by atoms with Crippen molar-refractivity contribution in [2.75, 3.05) is 13.2 Å². The summed E-state index contributed by atoms with van der Waals surface area (Å²) in [5.74, 6) is 1.34. The monoisotopic (exact) mass is 250 g/mol. The van der Waals surface area contributed by atoms with E-state index in [4.69, 9.17) is 9.47 Å². The lowest BCUT2D eigenvalue weighted by atomic mass is 9.72. The second kappa shape index (κ2) is 5.14. The van der Waals surface area contributed by atoms with Crippen LogP contribution in [-0.4, -0.2) is 25.3 Å². The van der Waals surface area contributed by atoms with E-state index < -0.39 is 0 Å². The molecule has 3 heteroatoms. The third-order valence-corrected chi connectivity index (χ3v) is 4.91. The van der Waals surface area contributed by atoms with Crippen LogP contribution in [0.2, 0.25) is 0 Å².